The standard InChI is InChI=1S/C16H14BrCl/c1-9-4-7-13(17)14-11-6-5-10(18)8-12(11)16(2,3)15(9)14/h4-8H,1-3H3. The Labute approximate surface area is 121 Å². The first kappa shape index (κ1) is 12.3. The van der Waals surface area contributed by atoms with Gasteiger partial charge in [0.15, 0.2) is 0 Å². The maximum absolute atomic E-state index is 6.16. The molecule has 18 heavy (non-hydrogen) atoms. The van der Waals surface area contributed by atoms with E-state index in [-0.39, 0.29) is 5.41 Å². The molecule has 0 amide bonds. The van der Waals surface area contributed by atoms with Gasteiger partial charge >= 0.3 is 0 Å². The Hall–Kier alpha value is -0.790. The number of hydrogen-bond donors (Lipinski definition) is 0. The van der Waals surface area contributed by atoms with Crippen molar-refractivity contribution < 1.29 is 0 Å². The van der Waals surface area contributed by atoms with Crippen LogP contribution in [0.25, 0.3) is 11.1 Å². The van der Waals surface area contributed by atoms with Crippen LogP contribution in [0.3, 0.4) is 0 Å². The molecule has 0 radical (unpaired) electrons. The highest BCUT2D eigenvalue weighted by atomic mass is 79.9. The average Bonchev–Trinajstić information content (AvgIpc) is 2.54. The summed E-state index contributed by atoms with van der Waals surface area (Å²) in [5.74, 6) is 0. The van der Waals surface area contributed by atoms with E-state index in [2.05, 4.69) is 61.0 Å². The van der Waals surface area contributed by atoms with E-state index in [1.165, 1.54) is 27.8 Å². The van der Waals surface area contributed by atoms with Gasteiger partial charge in [-0.3, -0.25) is 0 Å². The second-order valence-corrected chi connectivity index (χ2v) is 6.72. The molecule has 2 heteroatoms. The molecule has 0 spiro atoms. The third-order valence-corrected chi connectivity index (χ3v) is 4.81. The van der Waals surface area contributed by atoms with Gasteiger partial charge in [-0.2, -0.15) is 0 Å². The van der Waals surface area contributed by atoms with E-state index in [0.717, 1.165) is 9.50 Å². The molecule has 2 aromatic carbocycles. The van der Waals surface area contributed by atoms with Crippen LogP contribution in [0, 0.1) is 6.92 Å². The molecule has 2 aromatic rings. The maximum atomic E-state index is 6.16. The average molecular weight is 322 g/mol. The molecule has 0 aliphatic heterocycles. The Morgan fingerprint density at radius 3 is 2.56 bits per heavy atom. The lowest BCUT2D eigenvalue weighted by molar-refractivity contribution is 0.655. The smallest absolute Gasteiger partial charge is 0.0409 e. The molecule has 1 aliphatic rings. The van der Waals surface area contributed by atoms with Crippen LogP contribution in [0.2, 0.25) is 5.02 Å². The normalized spacial score (nSPS) is 15.4. The largest absolute Gasteiger partial charge is 0.0843 e. The fraction of sp³-hybridized carbons (Fsp3) is 0.250. The molecule has 92 valence electrons. The highest BCUT2D eigenvalue weighted by Gasteiger charge is 2.37. The van der Waals surface area contributed by atoms with Gasteiger partial charge in [-0.1, -0.05) is 53.5 Å². The van der Waals surface area contributed by atoms with Gasteiger partial charge in [0.25, 0.3) is 0 Å². The SMILES string of the molecule is Cc1ccc(Br)c2c1C(C)(C)c1cc(Cl)ccc1-2. The van der Waals surface area contributed by atoms with Gasteiger partial charge < -0.3 is 0 Å². The quantitative estimate of drug-likeness (QED) is 0.582. The van der Waals surface area contributed by atoms with Gasteiger partial charge in [0, 0.05) is 20.5 Å². The van der Waals surface area contributed by atoms with Gasteiger partial charge in [-0.05, 0) is 47.4 Å². The number of fused-ring (bicyclic) bond motifs is 3. The van der Waals surface area contributed by atoms with E-state index in [1.54, 1.807) is 0 Å². The number of aryl methyl sites for hydroxylation is 1. The van der Waals surface area contributed by atoms with E-state index >= 15 is 0 Å². The first-order chi connectivity index (χ1) is 8.43. The molecule has 0 atom stereocenters. The molecule has 0 bridgehead atoms. The highest BCUT2D eigenvalue weighted by Crippen LogP contribution is 2.52. The first-order valence-corrected chi connectivity index (χ1v) is 7.20. The lowest BCUT2D eigenvalue weighted by atomic mass is 9.80. The zero-order valence-corrected chi connectivity index (χ0v) is 13.0. The highest BCUT2D eigenvalue weighted by molar-refractivity contribution is 9.10. The maximum Gasteiger partial charge on any atom is 0.0409 e. The van der Waals surface area contributed by atoms with Gasteiger partial charge in [0.2, 0.25) is 0 Å². The molecule has 1 aliphatic carbocycles. The van der Waals surface area contributed by atoms with Crippen molar-refractivity contribution in [3.05, 3.63) is 56.5 Å². The van der Waals surface area contributed by atoms with Gasteiger partial charge in [0.1, 0.15) is 0 Å². The molecular formula is C16H14BrCl. The lowest BCUT2D eigenvalue weighted by Gasteiger charge is -2.23. The van der Waals surface area contributed by atoms with Crippen LogP contribution in [-0.2, 0) is 5.41 Å². The summed E-state index contributed by atoms with van der Waals surface area (Å²) in [6.45, 7) is 6.72. The monoisotopic (exact) mass is 320 g/mol. The summed E-state index contributed by atoms with van der Waals surface area (Å²) in [6, 6.07) is 10.5. The molecule has 0 saturated carbocycles. The predicted molar refractivity (Wildman–Crippen MR) is 81.5 cm³/mol. The summed E-state index contributed by atoms with van der Waals surface area (Å²) >= 11 is 9.85. The summed E-state index contributed by atoms with van der Waals surface area (Å²) in [5, 5.41) is 0.809. The Morgan fingerprint density at radius 2 is 1.83 bits per heavy atom. The zero-order valence-electron chi connectivity index (χ0n) is 10.6. The van der Waals surface area contributed by atoms with Crippen LogP contribution in [0.4, 0.5) is 0 Å². The van der Waals surface area contributed by atoms with Crippen molar-refractivity contribution in [1.82, 2.24) is 0 Å². The number of halogens is 2. The molecular weight excluding hydrogens is 308 g/mol. The van der Waals surface area contributed by atoms with Crippen molar-refractivity contribution >= 4 is 27.5 Å². The Balaban J connectivity index is 2.46. The number of rotatable bonds is 0. The fourth-order valence-electron chi connectivity index (χ4n) is 3.14. The van der Waals surface area contributed by atoms with E-state index in [9.17, 15) is 0 Å². The second-order valence-electron chi connectivity index (χ2n) is 5.43. The lowest BCUT2D eigenvalue weighted by Crippen LogP contribution is -2.16. The predicted octanol–water partition coefficient (Wildman–Crippen LogP) is 5.72. The van der Waals surface area contributed by atoms with Crippen LogP contribution >= 0.6 is 27.5 Å². The molecule has 0 fully saturated rings. The van der Waals surface area contributed by atoms with E-state index in [0.29, 0.717) is 0 Å². The third-order valence-electron chi connectivity index (χ3n) is 3.91. The van der Waals surface area contributed by atoms with Crippen LogP contribution in [0.5, 0.6) is 0 Å². The molecule has 0 unspecified atom stereocenters. The van der Waals surface area contributed by atoms with Gasteiger partial charge in [0.05, 0.1) is 0 Å². The molecule has 0 nitrogen and oxygen atoms in total. The second kappa shape index (κ2) is 3.85. The van der Waals surface area contributed by atoms with Crippen molar-refractivity contribution in [3.8, 4) is 11.1 Å². The number of hydrogen-bond acceptors (Lipinski definition) is 0. The van der Waals surface area contributed by atoms with Crippen LogP contribution in [-0.4, -0.2) is 0 Å². The van der Waals surface area contributed by atoms with Gasteiger partial charge in [-0.15, -0.1) is 0 Å². The van der Waals surface area contributed by atoms with Crippen LogP contribution in [0.1, 0.15) is 30.5 Å². The molecule has 3 rings (SSSR count). The Bertz CT molecular complexity index is 656. The van der Waals surface area contributed by atoms with Crippen molar-refractivity contribution in [2.75, 3.05) is 0 Å². The fourth-order valence-corrected chi connectivity index (χ4v) is 3.85. The van der Waals surface area contributed by atoms with Crippen LogP contribution in [0.15, 0.2) is 34.8 Å². The van der Waals surface area contributed by atoms with Crippen molar-refractivity contribution in [3.63, 3.8) is 0 Å². The summed E-state index contributed by atoms with van der Waals surface area (Å²) in [5.41, 5.74) is 6.71. The minimum Gasteiger partial charge on any atom is -0.0843 e. The molecule has 0 N–H and O–H groups in total. The molecule has 0 heterocycles. The zero-order chi connectivity index (χ0) is 13.1. The first-order valence-electron chi connectivity index (χ1n) is 6.03. The topological polar surface area (TPSA) is 0 Å². The molecule has 0 saturated heterocycles. The minimum atomic E-state index is 0.0173. The van der Waals surface area contributed by atoms with Crippen molar-refractivity contribution in [2.45, 2.75) is 26.2 Å². The Kier molecular flexibility index (Phi) is 2.62. The summed E-state index contributed by atoms with van der Waals surface area (Å²) in [6.07, 6.45) is 0. The van der Waals surface area contributed by atoms with Crippen molar-refractivity contribution in [1.29, 1.82) is 0 Å². The third kappa shape index (κ3) is 1.50. The molecule has 0 aromatic heterocycles. The van der Waals surface area contributed by atoms with E-state index in [1.807, 2.05) is 6.07 Å². The summed E-state index contributed by atoms with van der Waals surface area (Å²) in [4.78, 5) is 0. The van der Waals surface area contributed by atoms with Crippen molar-refractivity contribution in [2.24, 2.45) is 0 Å². The van der Waals surface area contributed by atoms with E-state index < -0.39 is 0 Å². The number of benzene rings is 2. The minimum absolute atomic E-state index is 0.0173. The van der Waals surface area contributed by atoms with Crippen LogP contribution < -0.4 is 0 Å². The Morgan fingerprint density at radius 1 is 1.11 bits per heavy atom. The van der Waals surface area contributed by atoms with E-state index in [4.69, 9.17) is 11.6 Å². The summed E-state index contributed by atoms with van der Waals surface area (Å²) < 4.78 is 1.16. The van der Waals surface area contributed by atoms with Gasteiger partial charge in [-0.25, -0.2) is 0 Å². The summed E-state index contributed by atoms with van der Waals surface area (Å²) in [7, 11) is 0.